The van der Waals surface area contributed by atoms with Crippen LogP contribution in [0.15, 0.2) is 72.8 Å². The second kappa shape index (κ2) is 6.38. The van der Waals surface area contributed by atoms with Crippen LogP contribution in [-0.2, 0) is 0 Å². The molecule has 0 atom stereocenters. The van der Waals surface area contributed by atoms with Crippen LogP contribution in [0.5, 0.6) is 0 Å². The molecular formula is C24H18F2. The molecule has 0 fully saturated rings. The number of hydrogen-bond donors (Lipinski definition) is 0. The summed E-state index contributed by atoms with van der Waals surface area (Å²) in [6.07, 6.45) is 0. The van der Waals surface area contributed by atoms with Crippen LogP contribution in [0.1, 0.15) is 11.1 Å². The summed E-state index contributed by atoms with van der Waals surface area (Å²) in [5.41, 5.74) is 5.64. The first-order valence-electron chi connectivity index (χ1n) is 8.59. The van der Waals surface area contributed by atoms with Gasteiger partial charge in [-0.25, -0.2) is 8.78 Å². The first-order valence-corrected chi connectivity index (χ1v) is 8.59. The molecule has 4 aromatic rings. The Morgan fingerprint density at radius 1 is 0.538 bits per heavy atom. The fourth-order valence-corrected chi connectivity index (χ4v) is 3.56. The Morgan fingerprint density at radius 3 is 1.46 bits per heavy atom. The SMILES string of the molecule is Cc1ccc(F)cc1-c1cccc2cccc(-c3cc(F)ccc3C)c12. The minimum absolute atomic E-state index is 0.262. The average molecular weight is 344 g/mol. The number of halogens is 2. The van der Waals surface area contributed by atoms with Gasteiger partial charge in [0.2, 0.25) is 0 Å². The molecule has 0 unspecified atom stereocenters. The Labute approximate surface area is 151 Å². The van der Waals surface area contributed by atoms with Crippen molar-refractivity contribution >= 4 is 10.8 Å². The number of benzene rings is 4. The highest BCUT2D eigenvalue weighted by Gasteiger charge is 2.14. The van der Waals surface area contributed by atoms with E-state index in [2.05, 4.69) is 0 Å². The van der Waals surface area contributed by atoms with Gasteiger partial charge >= 0.3 is 0 Å². The molecule has 128 valence electrons. The van der Waals surface area contributed by atoms with Crippen LogP contribution in [0, 0.1) is 25.5 Å². The van der Waals surface area contributed by atoms with Gasteiger partial charge in [0.05, 0.1) is 0 Å². The van der Waals surface area contributed by atoms with Crippen LogP contribution in [0.3, 0.4) is 0 Å². The van der Waals surface area contributed by atoms with Gasteiger partial charge in [-0.3, -0.25) is 0 Å². The summed E-state index contributed by atoms with van der Waals surface area (Å²) in [6, 6.07) is 21.7. The maximum absolute atomic E-state index is 13.9. The van der Waals surface area contributed by atoms with Gasteiger partial charge in [0.1, 0.15) is 11.6 Å². The molecule has 26 heavy (non-hydrogen) atoms. The van der Waals surface area contributed by atoms with Crippen molar-refractivity contribution in [1.29, 1.82) is 0 Å². The van der Waals surface area contributed by atoms with Crippen LogP contribution in [0.25, 0.3) is 33.0 Å². The van der Waals surface area contributed by atoms with E-state index in [1.54, 1.807) is 24.3 Å². The molecule has 0 aliphatic carbocycles. The van der Waals surface area contributed by atoms with Gasteiger partial charge in [-0.05, 0) is 82.3 Å². The highest BCUT2D eigenvalue weighted by Crippen LogP contribution is 2.38. The Kier molecular flexibility index (Phi) is 4.04. The average Bonchev–Trinajstić information content (AvgIpc) is 2.65. The lowest BCUT2D eigenvalue weighted by Crippen LogP contribution is -1.91. The predicted molar refractivity (Wildman–Crippen MR) is 104 cm³/mol. The molecule has 4 rings (SSSR count). The Bertz CT molecular complexity index is 1040. The summed E-state index contributed by atoms with van der Waals surface area (Å²) >= 11 is 0. The second-order valence-electron chi connectivity index (χ2n) is 6.63. The smallest absolute Gasteiger partial charge is 0.123 e. The van der Waals surface area contributed by atoms with Crippen LogP contribution in [0.4, 0.5) is 8.78 Å². The Balaban J connectivity index is 2.11. The number of aryl methyl sites for hydroxylation is 2. The van der Waals surface area contributed by atoms with Crippen LogP contribution in [0.2, 0.25) is 0 Å². The lowest BCUT2D eigenvalue weighted by atomic mass is 9.88. The summed E-state index contributed by atoms with van der Waals surface area (Å²) in [6.45, 7) is 3.95. The van der Waals surface area contributed by atoms with Crippen LogP contribution in [-0.4, -0.2) is 0 Å². The number of hydrogen-bond acceptors (Lipinski definition) is 0. The molecule has 0 spiro atoms. The largest absolute Gasteiger partial charge is 0.207 e. The molecule has 0 N–H and O–H groups in total. The molecule has 0 radical (unpaired) electrons. The van der Waals surface area contributed by atoms with E-state index >= 15 is 0 Å². The van der Waals surface area contributed by atoms with Gasteiger partial charge in [0.15, 0.2) is 0 Å². The highest BCUT2D eigenvalue weighted by molar-refractivity contribution is 6.07. The molecule has 0 heterocycles. The zero-order valence-corrected chi connectivity index (χ0v) is 14.7. The Morgan fingerprint density at radius 2 is 1.00 bits per heavy atom. The van der Waals surface area contributed by atoms with E-state index in [9.17, 15) is 8.78 Å². The fraction of sp³-hybridized carbons (Fsp3) is 0.0833. The van der Waals surface area contributed by atoms with Crippen molar-refractivity contribution in [2.75, 3.05) is 0 Å². The number of fused-ring (bicyclic) bond motifs is 1. The quantitative estimate of drug-likeness (QED) is 0.365. The van der Waals surface area contributed by atoms with E-state index in [1.807, 2.05) is 50.2 Å². The van der Waals surface area contributed by atoms with E-state index in [0.717, 1.165) is 44.2 Å². The van der Waals surface area contributed by atoms with E-state index in [-0.39, 0.29) is 11.6 Å². The van der Waals surface area contributed by atoms with Crippen molar-refractivity contribution in [2.45, 2.75) is 13.8 Å². The topological polar surface area (TPSA) is 0 Å². The van der Waals surface area contributed by atoms with Crippen molar-refractivity contribution in [1.82, 2.24) is 0 Å². The first kappa shape index (κ1) is 16.5. The summed E-state index contributed by atoms with van der Waals surface area (Å²) in [4.78, 5) is 0. The molecule has 0 saturated heterocycles. The lowest BCUT2D eigenvalue weighted by Gasteiger charge is -2.15. The van der Waals surface area contributed by atoms with E-state index in [1.165, 1.54) is 12.1 Å². The molecule has 0 aliphatic heterocycles. The van der Waals surface area contributed by atoms with Crippen molar-refractivity contribution in [3.8, 4) is 22.3 Å². The molecule has 2 heteroatoms. The summed E-state index contributed by atoms with van der Waals surface area (Å²) in [5.74, 6) is -0.524. The first-order chi connectivity index (χ1) is 12.5. The molecule has 0 amide bonds. The molecule has 0 nitrogen and oxygen atoms in total. The summed E-state index contributed by atoms with van der Waals surface area (Å²) in [5, 5.41) is 2.06. The van der Waals surface area contributed by atoms with Gasteiger partial charge < -0.3 is 0 Å². The van der Waals surface area contributed by atoms with E-state index < -0.39 is 0 Å². The third-order valence-electron chi connectivity index (χ3n) is 4.88. The van der Waals surface area contributed by atoms with E-state index in [4.69, 9.17) is 0 Å². The van der Waals surface area contributed by atoms with Gasteiger partial charge in [-0.1, -0.05) is 48.5 Å². The fourth-order valence-electron chi connectivity index (χ4n) is 3.56. The second-order valence-corrected chi connectivity index (χ2v) is 6.63. The third-order valence-corrected chi connectivity index (χ3v) is 4.88. The normalized spacial score (nSPS) is 11.1. The molecular weight excluding hydrogens is 326 g/mol. The van der Waals surface area contributed by atoms with E-state index in [0.29, 0.717) is 0 Å². The highest BCUT2D eigenvalue weighted by atomic mass is 19.1. The van der Waals surface area contributed by atoms with Crippen molar-refractivity contribution in [2.24, 2.45) is 0 Å². The number of rotatable bonds is 2. The third kappa shape index (κ3) is 2.78. The zero-order chi connectivity index (χ0) is 18.3. The van der Waals surface area contributed by atoms with Gasteiger partial charge in [-0.15, -0.1) is 0 Å². The summed E-state index contributed by atoms with van der Waals surface area (Å²) < 4.78 is 27.8. The molecule has 0 saturated carbocycles. The molecule has 0 aromatic heterocycles. The Hall–Kier alpha value is -3.00. The minimum Gasteiger partial charge on any atom is -0.207 e. The van der Waals surface area contributed by atoms with Crippen molar-refractivity contribution < 1.29 is 8.78 Å². The van der Waals surface area contributed by atoms with Crippen molar-refractivity contribution in [3.63, 3.8) is 0 Å². The molecule has 4 aromatic carbocycles. The standard InChI is InChI=1S/C24H18F2/c1-15-9-11-18(25)13-22(15)20-7-3-5-17-6-4-8-21(24(17)20)23-14-19(26)12-10-16(23)2/h3-14H,1-2H3. The van der Waals surface area contributed by atoms with Gasteiger partial charge in [0.25, 0.3) is 0 Å². The minimum atomic E-state index is -0.262. The molecule has 0 bridgehead atoms. The molecule has 0 aliphatic rings. The van der Waals surface area contributed by atoms with Crippen LogP contribution >= 0.6 is 0 Å². The van der Waals surface area contributed by atoms with Crippen molar-refractivity contribution in [3.05, 3.63) is 95.6 Å². The van der Waals surface area contributed by atoms with Gasteiger partial charge in [-0.2, -0.15) is 0 Å². The maximum atomic E-state index is 13.9. The summed E-state index contributed by atoms with van der Waals surface area (Å²) in [7, 11) is 0. The van der Waals surface area contributed by atoms with Gasteiger partial charge in [0, 0.05) is 0 Å². The predicted octanol–water partition coefficient (Wildman–Crippen LogP) is 7.07. The maximum Gasteiger partial charge on any atom is 0.123 e. The van der Waals surface area contributed by atoms with Crippen LogP contribution < -0.4 is 0 Å². The monoisotopic (exact) mass is 344 g/mol. The lowest BCUT2D eigenvalue weighted by molar-refractivity contribution is 0.627. The zero-order valence-electron chi connectivity index (χ0n) is 14.7.